The van der Waals surface area contributed by atoms with Crippen LogP contribution in [-0.2, 0) is 16.5 Å². The van der Waals surface area contributed by atoms with Crippen LogP contribution in [0.1, 0.15) is 20.3 Å². The number of fused-ring (bicyclic) bond motifs is 4. The number of halogens is 1. The lowest BCUT2D eigenvalue weighted by Crippen LogP contribution is -2.48. The van der Waals surface area contributed by atoms with E-state index in [-0.39, 0.29) is 18.2 Å². The van der Waals surface area contributed by atoms with Gasteiger partial charge in [-0.05, 0) is 32.4 Å². The minimum atomic E-state index is -0.618. The molecule has 3 aromatic heterocycles. The zero-order valence-corrected chi connectivity index (χ0v) is 21.6. The second-order valence-corrected chi connectivity index (χ2v) is 10.3. The Morgan fingerprint density at radius 1 is 1.35 bits per heavy atom. The van der Waals surface area contributed by atoms with Crippen molar-refractivity contribution < 1.29 is 19.0 Å². The van der Waals surface area contributed by atoms with E-state index in [2.05, 4.69) is 20.3 Å². The topological polar surface area (TPSA) is 107 Å². The van der Waals surface area contributed by atoms with E-state index in [0.717, 1.165) is 30.8 Å². The average molecular weight is 526 g/mol. The van der Waals surface area contributed by atoms with Crippen molar-refractivity contribution in [2.24, 2.45) is 7.05 Å². The number of carbonyl (C=O) groups is 1. The van der Waals surface area contributed by atoms with E-state index in [4.69, 9.17) is 30.8 Å². The van der Waals surface area contributed by atoms with Crippen molar-refractivity contribution in [1.82, 2.24) is 19.7 Å². The molecule has 11 nitrogen and oxygen atoms in total. The fourth-order valence-corrected chi connectivity index (χ4v) is 5.26. The molecule has 2 amide bonds. The van der Waals surface area contributed by atoms with Crippen molar-refractivity contribution >= 4 is 34.8 Å². The average Bonchev–Trinajstić information content (AvgIpc) is 3.57. The maximum absolute atomic E-state index is 13.6. The molecule has 194 valence electrons. The van der Waals surface area contributed by atoms with Crippen LogP contribution in [0, 0.1) is 0 Å². The molecule has 0 saturated carbocycles. The molecule has 2 saturated heterocycles. The monoisotopic (exact) mass is 525 g/mol. The summed E-state index contributed by atoms with van der Waals surface area (Å²) in [6.07, 6.45) is 5.82. The largest absolute Gasteiger partial charge is 0.475 e. The Hall–Kier alpha value is -3.41. The second-order valence-electron chi connectivity index (χ2n) is 9.90. The van der Waals surface area contributed by atoms with Gasteiger partial charge in [-0.15, -0.1) is 0 Å². The van der Waals surface area contributed by atoms with Gasteiger partial charge in [-0.2, -0.15) is 5.10 Å². The van der Waals surface area contributed by atoms with E-state index in [9.17, 15) is 4.79 Å². The predicted octanol–water partition coefficient (Wildman–Crippen LogP) is 3.69. The van der Waals surface area contributed by atoms with Crippen LogP contribution in [0.3, 0.4) is 0 Å². The summed E-state index contributed by atoms with van der Waals surface area (Å²) in [6.45, 7) is 6.05. The maximum atomic E-state index is 13.6. The molecule has 2 atom stereocenters. The Bertz CT molecular complexity index is 1350. The lowest BCUT2D eigenvalue weighted by molar-refractivity contribution is -0.141. The summed E-state index contributed by atoms with van der Waals surface area (Å²) in [7, 11) is 1.84. The van der Waals surface area contributed by atoms with Gasteiger partial charge in [0.1, 0.15) is 12.7 Å². The lowest BCUT2D eigenvalue weighted by atomic mass is 10.1. The molecule has 0 radical (unpaired) electrons. The van der Waals surface area contributed by atoms with E-state index in [1.165, 1.54) is 0 Å². The van der Waals surface area contributed by atoms with Gasteiger partial charge >= 0.3 is 6.03 Å². The van der Waals surface area contributed by atoms with Crippen molar-refractivity contribution in [3.63, 3.8) is 0 Å². The molecule has 2 fully saturated rings. The SMILES string of the molecule is Cn1cc(-c2nc3c(cc2Cl)N2CC[C@@H](C2)N3C(=O)Nc2ccnc(OC[C@H]3COC(C)(C)O3)c2)cn1. The van der Waals surface area contributed by atoms with E-state index in [1.807, 2.05) is 33.2 Å². The normalized spacial score (nSPS) is 21.7. The lowest BCUT2D eigenvalue weighted by Gasteiger charge is -2.36. The third-order valence-electron chi connectivity index (χ3n) is 6.70. The van der Waals surface area contributed by atoms with Crippen LogP contribution in [0.5, 0.6) is 5.88 Å². The van der Waals surface area contributed by atoms with Gasteiger partial charge in [0.05, 0.1) is 35.2 Å². The van der Waals surface area contributed by atoms with Crippen LogP contribution in [0.25, 0.3) is 11.3 Å². The van der Waals surface area contributed by atoms with Crippen molar-refractivity contribution in [2.45, 2.75) is 38.2 Å². The summed E-state index contributed by atoms with van der Waals surface area (Å²) >= 11 is 6.62. The molecule has 3 aliphatic heterocycles. The summed E-state index contributed by atoms with van der Waals surface area (Å²) < 4.78 is 18.9. The number of nitrogens with one attached hydrogen (secondary N) is 1. The number of rotatable bonds is 5. The first-order valence-electron chi connectivity index (χ1n) is 12.2. The molecular formula is C25H28ClN7O4. The van der Waals surface area contributed by atoms with Gasteiger partial charge < -0.3 is 24.4 Å². The van der Waals surface area contributed by atoms with Crippen LogP contribution in [-0.4, -0.2) is 70.0 Å². The van der Waals surface area contributed by atoms with Crippen LogP contribution in [0.15, 0.2) is 36.8 Å². The van der Waals surface area contributed by atoms with E-state index >= 15 is 0 Å². The smallest absolute Gasteiger partial charge is 0.327 e. The number of hydrogen-bond donors (Lipinski definition) is 1. The molecule has 1 N–H and O–H groups in total. The minimum absolute atomic E-state index is 0.00310. The summed E-state index contributed by atoms with van der Waals surface area (Å²) in [5.41, 5.74) is 2.80. The van der Waals surface area contributed by atoms with Gasteiger partial charge in [-0.3, -0.25) is 9.58 Å². The van der Waals surface area contributed by atoms with Crippen LogP contribution in [0.4, 0.5) is 22.0 Å². The molecule has 0 aliphatic carbocycles. The molecule has 3 aromatic rings. The zero-order valence-electron chi connectivity index (χ0n) is 20.8. The summed E-state index contributed by atoms with van der Waals surface area (Å²) in [6, 6.07) is 5.05. The highest BCUT2D eigenvalue weighted by Crippen LogP contribution is 2.43. The summed E-state index contributed by atoms with van der Waals surface area (Å²) in [5, 5.41) is 7.76. The van der Waals surface area contributed by atoms with Gasteiger partial charge in [0, 0.05) is 49.8 Å². The van der Waals surface area contributed by atoms with Crippen molar-refractivity contribution in [3.05, 3.63) is 41.8 Å². The molecule has 2 bridgehead atoms. The molecule has 37 heavy (non-hydrogen) atoms. The highest BCUT2D eigenvalue weighted by atomic mass is 35.5. The van der Waals surface area contributed by atoms with Gasteiger partial charge in [-0.1, -0.05) is 11.6 Å². The molecule has 12 heteroatoms. The highest BCUT2D eigenvalue weighted by Gasteiger charge is 2.41. The Kier molecular flexibility index (Phi) is 5.93. The fourth-order valence-electron chi connectivity index (χ4n) is 5.01. The van der Waals surface area contributed by atoms with E-state index in [0.29, 0.717) is 41.3 Å². The van der Waals surface area contributed by atoms with E-state index in [1.54, 1.807) is 34.1 Å². The van der Waals surface area contributed by atoms with Crippen molar-refractivity contribution in [3.8, 4) is 17.1 Å². The van der Waals surface area contributed by atoms with Crippen LogP contribution >= 0.6 is 11.6 Å². The highest BCUT2D eigenvalue weighted by molar-refractivity contribution is 6.33. The Balaban J connectivity index is 1.22. The quantitative estimate of drug-likeness (QED) is 0.537. The number of aromatic nitrogens is 4. The standard InChI is InChI=1S/C25H28ClN7O4/c1-25(2)36-14-18(37-25)13-35-21-8-16(4-6-27-21)29-24(34)33-17-5-7-32(12-17)20-9-19(26)22(30-23(20)33)15-10-28-31(3)11-15/h4,6,8-11,17-18H,5,7,12-14H2,1-3H3,(H,27,29,34)/t17-,18-/m0/s1. The molecule has 3 aliphatic rings. The van der Waals surface area contributed by atoms with Crippen molar-refractivity contribution in [1.29, 1.82) is 0 Å². The predicted molar refractivity (Wildman–Crippen MR) is 138 cm³/mol. The number of nitrogens with zero attached hydrogens (tertiary/aromatic N) is 6. The maximum Gasteiger partial charge on any atom is 0.327 e. The summed E-state index contributed by atoms with van der Waals surface area (Å²) in [5.74, 6) is 0.356. The molecule has 6 rings (SSSR count). The number of hydrogen-bond acceptors (Lipinski definition) is 8. The second kappa shape index (κ2) is 9.16. The Morgan fingerprint density at radius 2 is 2.22 bits per heavy atom. The van der Waals surface area contributed by atoms with Gasteiger partial charge in [0.15, 0.2) is 11.6 Å². The first kappa shape index (κ1) is 24.0. The first-order chi connectivity index (χ1) is 17.8. The summed E-state index contributed by atoms with van der Waals surface area (Å²) in [4.78, 5) is 26.7. The Labute approximate surface area is 219 Å². The molecule has 0 unspecified atom stereocenters. The molecule has 0 aromatic carbocycles. The first-order valence-corrected chi connectivity index (χ1v) is 12.6. The molecule has 6 heterocycles. The fraction of sp³-hybridized carbons (Fsp3) is 0.440. The third kappa shape index (κ3) is 4.70. The van der Waals surface area contributed by atoms with E-state index < -0.39 is 5.79 Å². The van der Waals surface area contributed by atoms with Crippen molar-refractivity contribution in [2.75, 3.05) is 41.4 Å². The van der Waals surface area contributed by atoms with Gasteiger partial charge in [0.25, 0.3) is 0 Å². The number of pyridine rings is 2. The zero-order chi connectivity index (χ0) is 25.7. The van der Waals surface area contributed by atoms with Gasteiger partial charge in [-0.25, -0.2) is 14.8 Å². The Morgan fingerprint density at radius 3 is 2.97 bits per heavy atom. The number of amides is 2. The van der Waals surface area contributed by atoms with Gasteiger partial charge in [0.2, 0.25) is 5.88 Å². The minimum Gasteiger partial charge on any atom is -0.475 e. The molecule has 0 spiro atoms. The number of urea groups is 1. The number of ether oxygens (including phenoxy) is 3. The molecular weight excluding hydrogens is 498 g/mol. The number of aryl methyl sites for hydroxylation is 1. The van der Waals surface area contributed by atoms with Crippen LogP contribution in [0.2, 0.25) is 5.02 Å². The van der Waals surface area contributed by atoms with Crippen LogP contribution < -0.4 is 19.9 Å². The third-order valence-corrected chi connectivity index (χ3v) is 6.99. The number of anilines is 3. The number of carbonyl (C=O) groups excluding carboxylic acids is 1.